The summed E-state index contributed by atoms with van der Waals surface area (Å²) in [6.45, 7) is 0. The van der Waals surface area contributed by atoms with Gasteiger partial charge in [0.2, 0.25) is 0 Å². The minimum atomic E-state index is 1.23. The van der Waals surface area contributed by atoms with E-state index in [9.17, 15) is 0 Å². The van der Waals surface area contributed by atoms with Crippen LogP contribution in [0.15, 0.2) is 194 Å². The van der Waals surface area contributed by atoms with Crippen LogP contribution in [0.4, 0.5) is 0 Å². The molecular formula is C54H32. The van der Waals surface area contributed by atoms with E-state index in [1.54, 1.807) is 0 Å². The highest BCUT2D eigenvalue weighted by atomic mass is 14.2. The molecule has 0 atom stereocenters. The molecule has 0 radical (unpaired) electrons. The third-order valence-electron chi connectivity index (χ3n) is 12.0. The van der Waals surface area contributed by atoms with Crippen LogP contribution in [0.2, 0.25) is 0 Å². The van der Waals surface area contributed by atoms with Crippen LogP contribution in [-0.4, -0.2) is 0 Å². The second kappa shape index (κ2) is 11.2. The van der Waals surface area contributed by atoms with E-state index in [0.29, 0.717) is 0 Å². The van der Waals surface area contributed by atoms with Gasteiger partial charge in [0.25, 0.3) is 0 Å². The predicted molar refractivity (Wildman–Crippen MR) is 235 cm³/mol. The van der Waals surface area contributed by atoms with Crippen LogP contribution in [0.3, 0.4) is 0 Å². The lowest BCUT2D eigenvalue weighted by Crippen LogP contribution is -1.88. The highest BCUT2D eigenvalue weighted by molar-refractivity contribution is 6.26. The smallest absolute Gasteiger partial charge is 0.00926 e. The normalized spacial score (nSPS) is 12.1. The first-order chi connectivity index (χ1) is 26.8. The fourth-order valence-corrected chi connectivity index (χ4v) is 9.41. The minimum absolute atomic E-state index is 1.23. The van der Waals surface area contributed by atoms with Gasteiger partial charge in [0.05, 0.1) is 0 Å². The standard InChI is InChI=1S/C54H32/c1-3-11-39-34(9-1)21-23-47-45(39)25-27-49-41-13-5-7-15-43(41)51(31-53(47)49)36-19-17-33-18-20-37(30-38(33)29-36)52-32-54-48-24-22-35-10-2-4-12-40(35)46(48)26-28-50(54)42-14-6-8-16-44(42)52/h1-32H. The van der Waals surface area contributed by atoms with Crippen molar-refractivity contribution in [1.29, 1.82) is 0 Å². The van der Waals surface area contributed by atoms with Crippen LogP contribution in [0.1, 0.15) is 0 Å². The van der Waals surface area contributed by atoms with Crippen molar-refractivity contribution in [3.63, 3.8) is 0 Å². The Labute approximate surface area is 312 Å². The van der Waals surface area contributed by atoms with Crippen molar-refractivity contribution in [2.75, 3.05) is 0 Å². The fraction of sp³-hybridized carbons (Fsp3) is 0. The number of rotatable bonds is 2. The van der Waals surface area contributed by atoms with Gasteiger partial charge in [-0.2, -0.15) is 0 Å². The average Bonchev–Trinajstić information content (AvgIpc) is 3.24. The fourth-order valence-electron chi connectivity index (χ4n) is 9.41. The van der Waals surface area contributed by atoms with Crippen molar-refractivity contribution < 1.29 is 0 Å². The second-order valence-electron chi connectivity index (χ2n) is 14.8. The molecule has 0 nitrogen and oxygen atoms in total. The summed E-state index contributed by atoms with van der Waals surface area (Å²) in [5.74, 6) is 0. The molecule has 0 unspecified atom stereocenters. The Hall–Kier alpha value is -7.02. The molecule has 0 heteroatoms. The number of benzene rings is 12. The van der Waals surface area contributed by atoms with Crippen LogP contribution in [0, 0.1) is 0 Å². The van der Waals surface area contributed by atoms with Crippen LogP contribution in [-0.2, 0) is 0 Å². The molecule has 0 spiro atoms. The van der Waals surface area contributed by atoms with E-state index in [-0.39, 0.29) is 0 Å². The quantitative estimate of drug-likeness (QED) is 0.159. The third-order valence-corrected chi connectivity index (χ3v) is 12.0. The molecule has 12 aromatic carbocycles. The van der Waals surface area contributed by atoms with E-state index in [4.69, 9.17) is 0 Å². The summed E-state index contributed by atoms with van der Waals surface area (Å²) in [5, 5.41) is 23.1. The molecule has 0 bridgehead atoms. The Balaban J connectivity index is 1.09. The molecule has 0 heterocycles. The number of hydrogen-bond acceptors (Lipinski definition) is 0. The Morgan fingerprint density at radius 3 is 0.926 bits per heavy atom. The topological polar surface area (TPSA) is 0 Å². The van der Waals surface area contributed by atoms with Gasteiger partial charge in [0.1, 0.15) is 0 Å². The maximum atomic E-state index is 2.44. The van der Waals surface area contributed by atoms with E-state index in [1.165, 1.54) is 119 Å². The Kier molecular flexibility index (Phi) is 6.15. The van der Waals surface area contributed by atoms with Crippen molar-refractivity contribution in [1.82, 2.24) is 0 Å². The highest BCUT2D eigenvalue weighted by Gasteiger charge is 2.15. The maximum absolute atomic E-state index is 2.44. The molecule has 12 rings (SSSR count). The zero-order chi connectivity index (χ0) is 35.3. The summed E-state index contributed by atoms with van der Waals surface area (Å²) in [6.07, 6.45) is 0. The molecule has 0 aromatic heterocycles. The highest BCUT2D eigenvalue weighted by Crippen LogP contribution is 2.43. The Morgan fingerprint density at radius 1 is 0.167 bits per heavy atom. The molecule has 0 amide bonds. The van der Waals surface area contributed by atoms with Gasteiger partial charge in [-0.3, -0.25) is 0 Å². The van der Waals surface area contributed by atoms with E-state index in [2.05, 4.69) is 194 Å². The van der Waals surface area contributed by atoms with Gasteiger partial charge >= 0.3 is 0 Å². The lowest BCUT2D eigenvalue weighted by atomic mass is 9.88. The first kappa shape index (κ1) is 29.5. The van der Waals surface area contributed by atoms with E-state index < -0.39 is 0 Å². The molecule has 0 N–H and O–H groups in total. The summed E-state index contributed by atoms with van der Waals surface area (Å²) < 4.78 is 0. The maximum Gasteiger partial charge on any atom is -0.00926 e. The lowest BCUT2D eigenvalue weighted by molar-refractivity contribution is 1.68. The minimum Gasteiger partial charge on any atom is -0.0616 e. The monoisotopic (exact) mass is 680 g/mol. The van der Waals surface area contributed by atoms with Gasteiger partial charge < -0.3 is 0 Å². The van der Waals surface area contributed by atoms with Gasteiger partial charge in [-0.15, -0.1) is 0 Å². The SMILES string of the molecule is c1ccc2c(c1)ccc1c2ccc2c3ccccc3c(-c3ccc4ccc(-c5cc6c(ccc7c8ccccc8ccc76)c6ccccc56)cc4c3)cc21. The van der Waals surface area contributed by atoms with E-state index in [0.717, 1.165) is 0 Å². The molecule has 0 aliphatic heterocycles. The Morgan fingerprint density at radius 2 is 0.481 bits per heavy atom. The molecule has 54 heavy (non-hydrogen) atoms. The molecule has 0 saturated carbocycles. The van der Waals surface area contributed by atoms with Crippen LogP contribution in [0.5, 0.6) is 0 Å². The van der Waals surface area contributed by atoms with E-state index in [1.807, 2.05) is 0 Å². The zero-order valence-electron chi connectivity index (χ0n) is 29.5. The summed E-state index contributed by atoms with van der Waals surface area (Å²) in [6, 6.07) is 72.5. The summed E-state index contributed by atoms with van der Waals surface area (Å²) in [7, 11) is 0. The van der Waals surface area contributed by atoms with Gasteiger partial charge in [-0.25, -0.2) is 0 Å². The predicted octanol–water partition coefficient (Wildman–Crippen LogP) is 15.4. The zero-order valence-corrected chi connectivity index (χ0v) is 29.5. The molecule has 248 valence electrons. The first-order valence-corrected chi connectivity index (χ1v) is 18.8. The van der Waals surface area contributed by atoms with Crippen molar-refractivity contribution >= 4 is 97.0 Å². The average molecular weight is 681 g/mol. The molecular weight excluding hydrogens is 649 g/mol. The molecule has 0 fully saturated rings. The summed E-state index contributed by atoms with van der Waals surface area (Å²) >= 11 is 0. The molecule has 12 aromatic rings. The molecule has 0 aliphatic carbocycles. The van der Waals surface area contributed by atoms with Gasteiger partial charge in [-0.1, -0.05) is 170 Å². The van der Waals surface area contributed by atoms with Crippen LogP contribution in [0.25, 0.3) is 119 Å². The number of hydrogen-bond donors (Lipinski definition) is 0. The molecule has 0 saturated heterocycles. The van der Waals surface area contributed by atoms with Gasteiger partial charge in [0.15, 0.2) is 0 Å². The molecule has 0 aliphatic rings. The third kappa shape index (κ3) is 4.26. The first-order valence-electron chi connectivity index (χ1n) is 18.8. The largest absolute Gasteiger partial charge is 0.0616 e. The van der Waals surface area contributed by atoms with Crippen LogP contribution >= 0.6 is 0 Å². The van der Waals surface area contributed by atoms with Crippen LogP contribution < -0.4 is 0 Å². The lowest BCUT2D eigenvalue weighted by Gasteiger charge is -2.16. The Bertz CT molecular complexity index is 3320. The second-order valence-corrected chi connectivity index (χ2v) is 14.8. The van der Waals surface area contributed by atoms with Gasteiger partial charge in [0, 0.05) is 0 Å². The van der Waals surface area contributed by atoms with Crippen molar-refractivity contribution in [3.8, 4) is 22.3 Å². The van der Waals surface area contributed by atoms with E-state index >= 15 is 0 Å². The van der Waals surface area contributed by atoms with Gasteiger partial charge in [-0.05, 0) is 143 Å². The van der Waals surface area contributed by atoms with Crippen molar-refractivity contribution in [3.05, 3.63) is 194 Å². The summed E-state index contributed by atoms with van der Waals surface area (Å²) in [4.78, 5) is 0. The number of fused-ring (bicyclic) bond motifs is 15. The van der Waals surface area contributed by atoms with Crippen molar-refractivity contribution in [2.24, 2.45) is 0 Å². The van der Waals surface area contributed by atoms with Crippen molar-refractivity contribution in [2.45, 2.75) is 0 Å². The summed E-state index contributed by atoms with van der Waals surface area (Å²) in [5.41, 5.74) is 5.00.